The Morgan fingerprint density at radius 1 is 0.812 bits per heavy atom. The molecule has 2 atom stereocenters. The predicted octanol–water partition coefficient (Wildman–Crippen LogP) is 4.72. The van der Waals surface area contributed by atoms with Gasteiger partial charge in [0, 0.05) is 4.47 Å². The molecule has 0 saturated heterocycles. The van der Waals surface area contributed by atoms with Crippen LogP contribution in [0.5, 0.6) is 0 Å². The van der Waals surface area contributed by atoms with E-state index in [2.05, 4.69) is 70.5 Å². The summed E-state index contributed by atoms with van der Waals surface area (Å²) >= 11 is 3.64. The molecule has 0 amide bonds. The maximum absolute atomic E-state index is 3.64. The molecular formula is C15H13Br. The highest BCUT2D eigenvalue weighted by Gasteiger charge is 2.40. The Hall–Kier alpha value is -1.08. The quantitative estimate of drug-likeness (QED) is 0.742. The zero-order valence-corrected chi connectivity index (χ0v) is 10.5. The maximum atomic E-state index is 3.64. The molecule has 3 rings (SSSR count). The summed E-state index contributed by atoms with van der Waals surface area (Å²) in [6.45, 7) is 0. The van der Waals surface area contributed by atoms with Crippen molar-refractivity contribution >= 4 is 15.9 Å². The van der Waals surface area contributed by atoms with Gasteiger partial charge in [0.05, 0.1) is 0 Å². The second kappa shape index (κ2) is 4.06. The minimum Gasteiger partial charge on any atom is -0.0622 e. The lowest BCUT2D eigenvalue weighted by atomic mass is 10.0. The molecule has 0 aromatic heterocycles. The summed E-state index contributed by atoms with van der Waals surface area (Å²) in [5.74, 6) is 1.43. The van der Waals surface area contributed by atoms with E-state index in [1.165, 1.54) is 22.0 Å². The van der Waals surface area contributed by atoms with Gasteiger partial charge >= 0.3 is 0 Å². The van der Waals surface area contributed by atoms with Crippen molar-refractivity contribution in [2.75, 3.05) is 0 Å². The van der Waals surface area contributed by atoms with Crippen molar-refractivity contribution in [3.63, 3.8) is 0 Å². The molecule has 2 aromatic rings. The van der Waals surface area contributed by atoms with E-state index in [1.54, 1.807) is 0 Å². The van der Waals surface area contributed by atoms with Gasteiger partial charge in [-0.15, -0.1) is 0 Å². The number of hydrogen-bond donors (Lipinski definition) is 0. The second-order valence-corrected chi connectivity index (χ2v) is 5.24. The Morgan fingerprint density at radius 3 is 2.25 bits per heavy atom. The zero-order valence-electron chi connectivity index (χ0n) is 8.94. The van der Waals surface area contributed by atoms with E-state index in [9.17, 15) is 0 Å². The molecule has 1 fully saturated rings. The first-order chi connectivity index (χ1) is 7.86. The predicted molar refractivity (Wildman–Crippen MR) is 70.7 cm³/mol. The van der Waals surface area contributed by atoms with Crippen molar-refractivity contribution in [2.24, 2.45) is 0 Å². The molecule has 0 N–H and O–H groups in total. The molecular weight excluding hydrogens is 260 g/mol. The van der Waals surface area contributed by atoms with Crippen LogP contribution < -0.4 is 0 Å². The van der Waals surface area contributed by atoms with Crippen LogP contribution in [0.1, 0.15) is 29.4 Å². The van der Waals surface area contributed by atoms with Gasteiger partial charge in [0.1, 0.15) is 0 Å². The fraction of sp³-hybridized carbons (Fsp3) is 0.200. The average molecular weight is 273 g/mol. The van der Waals surface area contributed by atoms with Crippen LogP contribution in [0.15, 0.2) is 59.1 Å². The van der Waals surface area contributed by atoms with Crippen LogP contribution in [-0.2, 0) is 0 Å². The first kappa shape index (κ1) is 10.1. The lowest BCUT2D eigenvalue weighted by Crippen LogP contribution is -1.85. The van der Waals surface area contributed by atoms with E-state index in [0.29, 0.717) is 5.92 Å². The Bertz CT molecular complexity index is 490. The number of halogens is 1. The lowest BCUT2D eigenvalue weighted by molar-refractivity contribution is 1.02. The third-order valence-corrected chi connectivity index (χ3v) is 4.05. The van der Waals surface area contributed by atoms with Gasteiger partial charge in [0.15, 0.2) is 0 Å². The summed E-state index contributed by atoms with van der Waals surface area (Å²) < 4.78 is 1.25. The lowest BCUT2D eigenvalue weighted by Gasteiger charge is -2.03. The molecule has 1 aliphatic rings. The van der Waals surface area contributed by atoms with Gasteiger partial charge in [-0.3, -0.25) is 0 Å². The molecule has 0 aliphatic heterocycles. The summed E-state index contributed by atoms with van der Waals surface area (Å²) in [5, 5.41) is 0. The largest absolute Gasteiger partial charge is 0.0622 e. The first-order valence-corrected chi connectivity index (χ1v) is 6.45. The Kier molecular flexibility index (Phi) is 2.56. The molecule has 2 aromatic carbocycles. The topological polar surface area (TPSA) is 0 Å². The highest BCUT2D eigenvalue weighted by Crippen LogP contribution is 2.55. The normalized spacial score (nSPS) is 23.1. The third kappa shape index (κ3) is 1.80. The molecule has 80 valence electrons. The maximum Gasteiger partial charge on any atom is 0.0210 e. The SMILES string of the molecule is Brc1ccccc1[C@@H]1C[C@H]1c1ccccc1. The van der Waals surface area contributed by atoms with E-state index in [-0.39, 0.29) is 0 Å². The van der Waals surface area contributed by atoms with Crippen LogP contribution >= 0.6 is 15.9 Å². The zero-order chi connectivity index (χ0) is 11.0. The van der Waals surface area contributed by atoms with E-state index in [4.69, 9.17) is 0 Å². The number of rotatable bonds is 2. The standard InChI is InChI=1S/C15H13Br/c16-15-9-5-4-8-12(15)14-10-13(14)11-6-2-1-3-7-11/h1-9,13-14H,10H2/t13-,14-/m0/s1. The molecule has 0 radical (unpaired) electrons. The van der Waals surface area contributed by atoms with E-state index >= 15 is 0 Å². The molecule has 1 saturated carbocycles. The van der Waals surface area contributed by atoms with Crippen molar-refractivity contribution in [2.45, 2.75) is 18.3 Å². The van der Waals surface area contributed by atoms with Gasteiger partial charge in [-0.05, 0) is 35.4 Å². The van der Waals surface area contributed by atoms with Crippen molar-refractivity contribution in [1.29, 1.82) is 0 Å². The Balaban J connectivity index is 1.85. The minimum absolute atomic E-state index is 0.706. The molecule has 0 nitrogen and oxygen atoms in total. The molecule has 1 heteroatoms. The summed E-state index contributed by atoms with van der Waals surface area (Å²) in [6.07, 6.45) is 1.28. The second-order valence-electron chi connectivity index (χ2n) is 4.38. The summed E-state index contributed by atoms with van der Waals surface area (Å²) in [7, 11) is 0. The van der Waals surface area contributed by atoms with Gasteiger partial charge in [-0.2, -0.15) is 0 Å². The number of benzene rings is 2. The van der Waals surface area contributed by atoms with Crippen LogP contribution in [0.4, 0.5) is 0 Å². The third-order valence-electron chi connectivity index (χ3n) is 3.32. The molecule has 0 bridgehead atoms. The highest BCUT2D eigenvalue weighted by molar-refractivity contribution is 9.10. The minimum atomic E-state index is 0.706. The summed E-state index contributed by atoms with van der Waals surface area (Å²) in [4.78, 5) is 0. The van der Waals surface area contributed by atoms with Gasteiger partial charge in [0.2, 0.25) is 0 Å². The average Bonchev–Trinajstić information content (AvgIpc) is 3.11. The smallest absolute Gasteiger partial charge is 0.0210 e. The summed E-state index contributed by atoms with van der Waals surface area (Å²) in [6, 6.07) is 19.4. The van der Waals surface area contributed by atoms with Crippen molar-refractivity contribution < 1.29 is 0 Å². The van der Waals surface area contributed by atoms with Crippen LogP contribution in [-0.4, -0.2) is 0 Å². The Morgan fingerprint density at radius 2 is 1.50 bits per heavy atom. The molecule has 16 heavy (non-hydrogen) atoms. The van der Waals surface area contributed by atoms with E-state index in [1.807, 2.05) is 0 Å². The number of hydrogen-bond acceptors (Lipinski definition) is 0. The first-order valence-electron chi connectivity index (χ1n) is 5.65. The van der Waals surface area contributed by atoms with Gasteiger partial charge < -0.3 is 0 Å². The van der Waals surface area contributed by atoms with E-state index in [0.717, 1.165) is 5.92 Å². The summed E-state index contributed by atoms with van der Waals surface area (Å²) in [5.41, 5.74) is 2.93. The van der Waals surface area contributed by atoms with Crippen LogP contribution in [0.2, 0.25) is 0 Å². The van der Waals surface area contributed by atoms with Gasteiger partial charge in [0.25, 0.3) is 0 Å². The van der Waals surface area contributed by atoms with E-state index < -0.39 is 0 Å². The molecule has 1 aliphatic carbocycles. The molecule has 0 heterocycles. The fourth-order valence-corrected chi connectivity index (χ4v) is 2.96. The monoisotopic (exact) mass is 272 g/mol. The molecule has 0 unspecified atom stereocenters. The van der Waals surface area contributed by atoms with Crippen molar-refractivity contribution in [3.8, 4) is 0 Å². The van der Waals surface area contributed by atoms with Crippen LogP contribution in [0, 0.1) is 0 Å². The van der Waals surface area contributed by atoms with Crippen molar-refractivity contribution in [1.82, 2.24) is 0 Å². The molecule has 0 spiro atoms. The van der Waals surface area contributed by atoms with Gasteiger partial charge in [-0.25, -0.2) is 0 Å². The van der Waals surface area contributed by atoms with Crippen LogP contribution in [0.3, 0.4) is 0 Å². The van der Waals surface area contributed by atoms with Crippen LogP contribution in [0.25, 0.3) is 0 Å². The van der Waals surface area contributed by atoms with Gasteiger partial charge in [-0.1, -0.05) is 64.5 Å². The fourth-order valence-electron chi connectivity index (χ4n) is 2.38. The van der Waals surface area contributed by atoms with Crippen molar-refractivity contribution in [3.05, 3.63) is 70.2 Å². The Labute approximate surface area is 104 Å². The highest BCUT2D eigenvalue weighted by atomic mass is 79.9.